The molecule has 1 amide bonds. The molecular formula is C14H17F2NO2S. The molecule has 0 bridgehead atoms. The SMILES string of the molecule is C[C@H](O)[C@H](C)S[C@@H]1CCN(c2c(F)cccc2F)C1=O. The van der Waals surface area contributed by atoms with Crippen LogP contribution in [-0.2, 0) is 4.79 Å². The van der Waals surface area contributed by atoms with E-state index in [2.05, 4.69) is 0 Å². The third kappa shape index (κ3) is 2.96. The van der Waals surface area contributed by atoms with Crippen molar-refractivity contribution >= 4 is 23.4 Å². The van der Waals surface area contributed by atoms with Crippen LogP contribution in [-0.4, -0.2) is 34.2 Å². The van der Waals surface area contributed by atoms with Crippen LogP contribution in [0.25, 0.3) is 0 Å². The van der Waals surface area contributed by atoms with Crippen molar-refractivity contribution in [3.05, 3.63) is 29.8 Å². The van der Waals surface area contributed by atoms with Crippen LogP contribution in [0.4, 0.5) is 14.5 Å². The Bertz CT molecular complexity index is 490. The van der Waals surface area contributed by atoms with Gasteiger partial charge in [0.05, 0.1) is 11.4 Å². The van der Waals surface area contributed by atoms with Crippen molar-refractivity contribution in [3.8, 4) is 0 Å². The highest BCUT2D eigenvalue weighted by Gasteiger charge is 2.36. The number of halogens is 2. The van der Waals surface area contributed by atoms with Crippen LogP contribution in [0.3, 0.4) is 0 Å². The summed E-state index contributed by atoms with van der Waals surface area (Å²) < 4.78 is 27.4. The van der Waals surface area contributed by atoms with Crippen molar-refractivity contribution in [1.82, 2.24) is 0 Å². The second-order valence-corrected chi connectivity index (χ2v) is 6.50. The van der Waals surface area contributed by atoms with E-state index >= 15 is 0 Å². The molecule has 0 radical (unpaired) electrons. The first-order valence-corrected chi connectivity index (χ1v) is 7.45. The summed E-state index contributed by atoms with van der Waals surface area (Å²) in [4.78, 5) is 13.4. The lowest BCUT2D eigenvalue weighted by Crippen LogP contribution is -2.31. The van der Waals surface area contributed by atoms with Crippen molar-refractivity contribution in [1.29, 1.82) is 0 Å². The van der Waals surface area contributed by atoms with E-state index in [0.29, 0.717) is 13.0 Å². The number of amides is 1. The number of aliphatic hydroxyl groups excluding tert-OH is 1. The van der Waals surface area contributed by atoms with Gasteiger partial charge in [0.15, 0.2) is 0 Å². The maximum atomic E-state index is 13.7. The number of carbonyl (C=O) groups excluding carboxylic acids is 1. The molecule has 20 heavy (non-hydrogen) atoms. The van der Waals surface area contributed by atoms with Crippen molar-refractivity contribution in [3.63, 3.8) is 0 Å². The largest absolute Gasteiger partial charge is 0.392 e. The Balaban J connectivity index is 2.16. The maximum absolute atomic E-state index is 13.7. The molecule has 1 aliphatic rings. The van der Waals surface area contributed by atoms with Gasteiger partial charge in [0, 0.05) is 11.8 Å². The van der Waals surface area contributed by atoms with Crippen LogP contribution in [0.5, 0.6) is 0 Å². The van der Waals surface area contributed by atoms with E-state index in [1.165, 1.54) is 17.8 Å². The number of rotatable bonds is 4. The maximum Gasteiger partial charge on any atom is 0.240 e. The Hall–Kier alpha value is -1.14. The molecule has 6 heteroatoms. The highest BCUT2D eigenvalue weighted by molar-refractivity contribution is 8.01. The first kappa shape index (κ1) is 15.3. The van der Waals surface area contributed by atoms with Gasteiger partial charge in [-0.15, -0.1) is 11.8 Å². The fourth-order valence-corrected chi connectivity index (χ4v) is 3.35. The Morgan fingerprint density at radius 2 is 1.95 bits per heavy atom. The quantitative estimate of drug-likeness (QED) is 0.929. The van der Waals surface area contributed by atoms with E-state index in [9.17, 15) is 18.7 Å². The summed E-state index contributed by atoms with van der Waals surface area (Å²) in [7, 11) is 0. The highest BCUT2D eigenvalue weighted by atomic mass is 32.2. The number of nitrogens with zero attached hydrogens (tertiary/aromatic N) is 1. The standard InChI is InChI=1S/C14H17F2NO2S/c1-8(18)9(2)20-12-6-7-17(14(12)19)13-10(15)4-3-5-11(13)16/h3-5,8-9,12,18H,6-7H2,1-2H3/t8-,9-,12+/m0/s1. The summed E-state index contributed by atoms with van der Waals surface area (Å²) in [5.74, 6) is -1.76. The predicted octanol–water partition coefficient (Wildman–Crippen LogP) is 2.57. The fraction of sp³-hybridized carbons (Fsp3) is 0.500. The Labute approximate surface area is 121 Å². The van der Waals surface area contributed by atoms with Gasteiger partial charge < -0.3 is 10.0 Å². The van der Waals surface area contributed by atoms with Crippen molar-refractivity contribution < 1.29 is 18.7 Å². The van der Waals surface area contributed by atoms with Crippen molar-refractivity contribution in [2.24, 2.45) is 0 Å². The van der Waals surface area contributed by atoms with Crippen molar-refractivity contribution in [2.45, 2.75) is 36.9 Å². The number of hydrogen-bond donors (Lipinski definition) is 1. The molecule has 110 valence electrons. The van der Waals surface area contributed by atoms with Gasteiger partial charge in [-0.2, -0.15) is 0 Å². The fourth-order valence-electron chi connectivity index (χ4n) is 2.12. The predicted molar refractivity (Wildman–Crippen MR) is 75.8 cm³/mol. The molecule has 0 unspecified atom stereocenters. The van der Waals surface area contributed by atoms with E-state index in [4.69, 9.17) is 0 Å². The molecule has 0 spiro atoms. The average molecular weight is 301 g/mol. The topological polar surface area (TPSA) is 40.5 Å². The second kappa shape index (κ2) is 6.10. The first-order chi connectivity index (χ1) is 9.41. The first-order valence-electron chi connectivity index (χ1n) is 6.50. The normalized spacial score (nSPS) is 22.1. The third-order valence-corrected chi connectivity index (χ3v) is 5.01. The molecule has 1 N–H and O–H groups in total. The van der Waals surface area contributed by atoms with Crippen molar-refractivity contribution in [2.75, 3.05) is 11.4 Å². The number of para-hydroxylation sites is 1. The number of carbonyl (C=O) groups is 1. The summed E-state index contributed by atoms with van der Waals surface area (Å²) in [6.07, 6.45) is -0.0130. The molecule has 0 saturated carbocycles. The molecule has 1 fully saturated rings. The lowest BCUT2D eigenvalue weighted by molar-refractivity contribution is -0.116. The van der Waals surface area contributed by atoms with Gasteiger partial charge in [0.2, 0.25) is 5.91 Å². The number of benzene rings is 1. The van der Waals surface area contributed by atoms with Crippen LogP contribution in [0, 0.1) is 11.6 Å². The summed E-state index contributed by atoms with van der Waals surface area (Å²) in [6, 6.07) is 3.56. The molecule has 2 rings (SSSR count). The molecule has 1 aromatic rings. The second-order valence-electron chi connectivity index (χ2n) is 4.92. The number of thioether (sulfide) groups is 1. The molecule has 3 nitrogen and oxygen atoms in total. The van der Waals surface area contributed by atoms with Gasteiger partial charge in [0.1, 0.15) is 17.3 Å². The summed E-state index contributed by atoms with van der Waals surface area (Å²) in [5, 5.41) is 9.01. The minimum atomic E-state index is -0.729. The van der Waals surface area contributed by atoms with Gasteiger partial charge in [-0.05, 0) is 25.5 Å². The minimum Gasteiger partial charge on any atom is -0.392 e. The Kier molecular flexibility index (Phi) is 4.65. The van der Waals surface area contributed by atoms with Crippen LogP contribution in [0.15, 0.2) is 18.2 Å². The van der Waals surface area contributed by atoms with E-state index in [1.54, 1.807) is 6.92 Å². The van der Waals surface area contributed by atoms with Gasteiger partial charge in [-0.3, -0.25) is 4.79 Å². The molecule has 3 atom stereocenters. The van der Waals surface area contributed by atoms with Gasteiger partial charge in [0.25, 0.3) is 0 Å². The van der Waals surface area contributed by atoms with Gasteiger partial charge >= 0.3 is 0 Å². The summed E-state index contributed by atoms with van der Waals surface area (Å²) in [6.45, 7) is 3.78. The summed E-state index contributed by atoms with van der Waals surface area (Å²) >= 11 is 1.35. The molecule has 1 aromatic carbocycles. The van der Waals surface area contributed by atoms with Crippen LogP contribution in [0.2, 0.25) is 0 Å². The zero-order valence-electron chi connectivity index (χ0n) is 11.3. The van der Waals surface area contributed by atoms with E-state index in [0.717, 1.165) is 17.0 Å². The lowest BCUT2D eigenvalue weighted by atomic mass is 10.2. The lowest BCUT2D eigenvalue weighted by Gasteiger charge is -2.20. The third-order valence-electron chi connectivity index (χ3n) is 3.42. The number of anilines is 1. The van der Waals surface area contributed by atoms with Gasteiger partial charge in [-0.25, -0.2) is 8.78 Å². The zero-order valence-corrected chi connectivity index (χ0v) is 12.2. The van der Waals surface area contributed by atoms with Crippen LogP contribution < -0.4 is 4.90 Å². The summed E-state index contributed by atoms with van der Waals surface area (Å²) in [5.41, 5.74) is -0.273. The Morgan fingerprint density at radius 3 is 2.50 bits per heavy atom. The molecule has 0 aliphatic carbocycles. The van der Waals surface area contributed by atoms with E-state index < -0.39 is 17.7 Å². The zero-order chi connectivity index (χ0) is 14.9. The average Bonchev–Trinajstić information content (AvgIpc) is 2.71. The molecule has 0 aromatic heterocycles. The van der Waals surface area contributed by atoms with E-state index in [-0.39, 0.29) is 22.1 Å². The molecule has 1 heterocycles. The Morgan fingerprint density at radius 1 is 1.35 bits per heavy atom. The smallest absolute Gasteiger partial charge is 0.240 e. The van der Waals surface area contributed by atoms with Crippen LogP contribution >= 0.6 is 11.8 Å². The molecule has 1 aliphatic heterocycles. The van der Waals surface area contributed by atoms with Crippen LogP contribution in [0.1, 0.15) is 20.3 Å². The number of hydrogen-bond acceptors (Lipinski definition) is 3. The monoisotopic (exact) mass is 301 g/mol. The van der Waals surface area contributed by atoms with E-state index in [1.807, 2.05) is 6.92 Å². The minimum absolute atomic E-state index is 0.102. The highest BCUT2D eigenvalue weighted by Crippen LogP contribution is 2.34. The molecular weight excluding hydrogens is 284 g/mol. The molecule has 1 saturated heterocycles. The van der Waals surface area contributed by atoms with Gasteiger partial charge in [-0.1, -0.05) is 13.0 Å². The number of aliphatic hydroxyl groups is 1.